The molecule has 0 aromatic carbocycles. The molecule has 1 atom stereocenters. The summed E-state index contributed by atoms with van der Waals surface area (Å²) >= 11 is 0. The van der Waals surface area contributed by atoms with Gasteiger partial charge in [0.05, 0.1) is 18.1 Å². The number of anilines is 1. The molecule has 1 aliphatic carbocycles. The molecule has 1 saturated carbocycles. The highest BCUT2D eigenvalue weighted by molar-refractivity contribution is 5.43. The predicted octanol–water partition coefficient (Wildman–Crippen LogP) is 0.807. The summed E-state index contributed by atoms with van der Waals surface area (Å²) in [6.07, 6.45) is 9.35. The first-order valence-electron chi connectivity index (χ1n) is 5.68. The minimum absolute atomic E-state index is 0.665. The molecular formula is C11H16N4. The lowest BCUT2D eigenvalue weighted by Gasteiger charge is -2.17. The van der Waals surface area contributed by atoms with Gasteiger partial charge in [-0.3, -0.25) is 0 Å². The Balaban J connectivity index is 1.60. The van der Waals surface area contributed by atoms with E-state index in [9.17, 15) is 0 Å². The fourth-order valence-electron chi connectivity index (χ4n) is 2.17. The standard InChI is InChI=1S/C11H16N4/c1-2-9(1)14-10-3-4-15(7-10)11-5-12-8-13-6-11/h5-6,8-10,14H,1-4,7H2. The third-order valence-corrected chi connectivity index (χ3v) is 3.15. The maximum atomic E-state index is 4.05. The minimum Gasteiger partial charge on any atom is -0.367 e. The molecule has 4 nitrogen and oxygen atoms in total. The first-order chi connectivity index (χ1) is 7.42. The van der Waals surface area contributed by atoms with Crippen molar-refractivity contribution in [3.8, 4) is 0 Å². The van der Waals surface area contributed by atoms with Crippen LogP contribution in [0.3, 0.4) is 0 Å². The minimum atomic E-state index is 0.665. The molecule has 3 rings (SSSR count). The molecule has 0 bridgehead atoms. The summed E-state index contributed by atoms with van der Waals surface area (Å²) < 4.78 is 0. The zero-order chi connectivity index (χ0) is 10.1. The van der Waals surface area contributed by atoms with Gasteiger partial charge in [0.15, 0.2) is 0 Å². The molecule has 1 unspecified atom stereocenters. The van der Waals surface area contributed by atoms with Crippen LogP contribution in [0, 0.1) is 0 Å². The van der Waals surface area contributed by atoms with Crippen LogP contribution in [-0.2, 0) is 0 Å². The van der Waals surface area contributed by atoms with E-state index in [1.807, 2.05) is 12.4 Å². The Morgan fingerprint density at radius 1 is 1.13 bits per heavy atom. The zero-order valence-electron chi connectivity index (χ0n) is 8.76. The quantitative estimate of drug-likeness (QED) is 0.791. The van der Waals surface area contributed by atoms with Gasteiger partial charge in [0.2, 0.25) is 0 Å². The molecule has 0 amide bonds. The van der Waals surface area contributed by atoms with Crippen molar-refractivity contribution in [1.82, 2.24) is 15.3 Å². The summed E-state index contributed by atoms with van der Waals surface area (Å²) in [6, 6.07) is 1.47. The molecule has 1 aromatic heterocycles. The number of aromatic nitrogens is 2. The molecule has 0 spiro atoms. The van der Waals surface area contributed by atoms with Gasteiger partial charge in [0.1, 0.15) is 6.33 Å². The largest absolute Gasteiger partial charge is 0.367 e. The molecule has 15 heavy (non-hydrogen) atoms. The molecule has 2 aliphatic rings. The van der Waals surface area contributed by atoms with Gasteiger partial charge < -0.3 is 10.2 Å². The van der Waals surface area contributed by atoms with Gasteiger partial charge in [-0.05, 0) is 19.3 Å². The Hall–Kier alpha value is -1.16. The predicted molar refractivity (Wildman–Crippen MR) is 58.8 cm³/mol. The lowest BCUT2D eigenvalue weighted by molar-refractivity contribution is 0.548. The van der Waals surface area contributed by atoms with Crippen molar-refractivity contribution in [2.75, 3.05) is 18.0 Å². The first-order valence-corrected chi connectivity index (χ1v) is 5.68. The smallest absolute Gasteiger partial charge is 0.115 e. The van der Waals surface area contributed by atoms with E-state index in [-0.39, 0.29) is 0 Å². The molecule has 2 heterocycles. The van der Waals surface area contributed by atoms with Crippen LogP contribution in [0.15, 0.2) is 18.7 Å². The Morgan fingerprint density at radius 2 is 1.93 bits per heavy atom. The van der Waals surface area contributed by atoms with Crippen LogP contribution in [0.1, 0.15) is 19.3 Å². The van der Waals surface area contributed by atoms with E-state index < -0.39 is 0 Å². The van der Waals surface area contributed by atoms with Gasteiger partial charge in [0, 0.05) is 25.2 Å². The fraction of sp³-hybridized carbons (Fsp3) is 0.636. The lowest BCUT2D eigenvalue weighted by Crippen LogP contribution is -2.33. The average molecular weight is 204 g/mol. The van der Waals surface area contributed by atoms with Crippen LogP contribution in [0.5, 0.6) is 0 Å². The molecule has 1 aliphatic heterocycles. The van der Waals surface area contributed by atoms with Crippen molar-refractivity contribution < 1.29 is 0 Å². The van der Waals surface area contributed by atoms with Crippen molar-refractivity contribution >= 4 is 5.69 Å². The molecular weight excluding hydrogens is 188 g/mol. The molecule has 1 saturated heterocycles. The SMILES string of the molecule is c1ncc(N2CCC(NC3CC3)C2)cn1. The number of hydrogen-bond donors (Lipinski definition) is 1. The number of rotatable bonds is 3. The summed E-state index contributed by atoms with van der Waals surface area (Å²) in [5.41, 5.74) is 1.15. The van der Waals surface area contributed by atoms with E-state index >= 15 is 0 Å². The van der Waals surface area contributed by atoms with Crippen LogP contribution < -0.4 is 10.2 Å². The van der Waals surface area contributed by atoms with Crippen molar-refractivity contribution in [2.45, 2.75) is 31.3 Å². The van der Waals surface area contributed by atoms with E-state index in [0.29, 0.717) is 6.04 Å². The highest BCUT2D eigenvalue weighted by Gasteiger charge is 2.29. The Kier molecular flexibility index (Phi) is 2.29. The topological polar surface area (TPSA) is 41.1 Å². The van der Waals surface area contributed by atoms with Gasteiger partial charge in [-0.2, -0.15) is 0 Å². The molecule has 4 heteroatoms. The molecule has 0 radical (unpaired) electrons. The second-order valence-electron chi connectivity index (χ2n) is 4.47. The zero-order valence-corrected chi connectivity index (χ0v) is 8.76. The Morgan fingerprint density at radius 3 is 2.67 bits per heavy atom. The van der Waals surface area contributed by atoms with E-state index in [4.69, 9.17) is 0 Å². The first kappa shape index (κ1) is 9.09. The normalized spacial score (nSPS) is 25.9. The summed E-state index contributed by atoms with van der Waals surface area (Å²) in [6.45, 7) is 2.22. The van der Waals surface area contributed by atoms with Crippen molar-refractivity contribution in [2.24, 2.45) is 0 Å². The molecule has 80 valence electrons. The van der Waals surface area contributed by atoms with Crippen molar-refractivity contribution in [1.29, 1.82) is 0 Å². The molecule has 2 fully saturated rings. The van der Waals surface area contributed by atoms with Gasteiger partial charge >= 0.3 is 0 Å². The highest BCUT2D eigenvalue weighted by atomic mass is 15.2. The van der Waals surface area contributed by atoms with Gasteiger partial charge in [-0.1, -0.05) is 0 Å². The van der Waals surface area contributed by atoms with Gasteiger partial charge in [-0.15, -0.1) is 0 Å². The van der Waals surface area contributed by atoms with Crippen molar-refractivity contribution in [3.63, 3.8) is 0 Å². The van der Waals surface area contributed by atoms with Gasteiger partial charge in [-0.25, -0.2) is 9.97 Å². The van der Waals surface area contributed by atoms with Crippen LogP contribution in [0.25, 0.3) is 0 Å². The van der Waals surface area contributed by atoms with Crippen LogP contribution >= 0.6 is 0 Å². The Labute approximate surface area is 89.7 Å². The second-order valence-corrected chi connectivity index (χ2v) is 4.47. The van der Waals surface area contributed by atoms with Crippen molar-refractivity contribution in [3.05, 3.63) is 18.7 Å². The van der Waals surface area contributed by atoms with Crippen LogP contribution in [0.2, 0.25) is 0 Å². The summed E-state index contributed by atoms with van der Waals surface area (Å²) in [5, 5.41) is 3.67. The Bertz CT molecular complexity index is 323. The molecule has 1 N–H and O–H groups in total. The summed E-state index contributed by atoms with van der Waals surface area (Å²) in [4.78, 5) is 10.5. The summed E-state index contributed by atoms with van der Waals surface area (Å²) in [7, 11) is 0. The van der Waals surface area contributed by atoms with E-state index in [0.717, 1.165) is 24.8 Å². The maximum absolute atomic E-state index is 4.05. The maximum Gasteiger partial charge on any atom is 0.115 e. The third kappa shape index (κ3) is 2.09. The third-order valence-electron chi connectivity index (χ3n) is 3.15. The van der Waals surface area contributed by atoms with Crippen LogP contribution in [0.4, 0.5) is 5.69 Å². The molecule has 1 aromatic rings. The van der Waals surface area contributed by atoms with E-state index in [1.54, 1.807) is 6.33 Å². The van der Waals surface area contributed by atoms with Crippen LogP contribution in [-0.4, -0.2) is 35.1 Å². The van der Waals surface area contributed by atoms with E-state index in [1.165, 1.54) is 19.3 Å². The number of hydrogen-bond acceptors (Lipinski definition) is 4. The summed E-state index contributed by atoms with van der Waals surface area (Å²) in [5.74, 6) is 0. The number of nitrogens with zero attached hydrogens (tertiary/aromatic N) is 3. The van der Waals surface area contributed by atoms with Gasteiger partial charge in [0.25, 0.3) is 0 Å². The average Bonchev–Trinajstić information content (AvgIpc) is 2.96. The monoisotopic (exact) mass is 204 g/mol. The lowest BCUT2D eigenvalue weighted by atomic mass is 10.2. The highest BCUT2D eigenvalue weighted by Crippen LogP contribution is 2.23. The number of nitrogens with one attached hydrogen (secondary N) is 1. The van der Waals surface area contributed by atoms with E-state index in [2.05, 4.69) is 20.2 Å². The second kappa shape index (κ2) is 3.77. The fourth-order valence-corrected chi connectivity index (χ4v) is 2.17.